The van der Waals surface area contributed by atoms with Gasteiger partial charge in [-0.25, -0.2) is 0 Å². The number of nitrogens with one attached hydrogen (secondary N) is 1. The average Bonchev–Trinajstić information content (AvgIpc) is 2.64. The van der Waals surface area contributed by atoms with Gasteiger partial charge in [0.1, 0.15) is 0 Å². The Bertz CT molecular complexity index is 233. The number of aliphatic hydroxyl groups is 1. The zero-order valence-corrected chi connectivity index (χ0v) is 9.68. The van der Waals surface area contributed by atoms with E-state index in [-0.39, 0.29) is 6.10 Å². The highest BCUT2D eigenvalue weighted by molar-refractivity contribution is 7.10. The first-order chi connectivity index (χ1) is 6.74. The fourth-order valence-corrected chi connectivity index (χ4v) is 2.29. The van der Waals surface area contributed by atoms with Gasteiger partial charge in [-0.3, -0.25) is 0 Å². The number of hydrogen-bond acceptors (Lipinski definition) is 3. The summed E-state index contributed by atoms with van der Waals surface area (Å²) in [6.07, 6.45) is 1.71. The third-order valence-corrected chi connectivity index (χ3v) is 3.23. The molecule has 80 valence electrons. The highest BCUT2D eigenvalue weighted by Gasteiger charge is 2.08. The van der Waals surface area contributed by atoms with E-state index in [2.05, 4.69) is 29.8 Å². The lowest BCUT2D eigenvalue weighted by molar-refractivity contribution is 0.182. The minimum Gasteiger partial charge on any atom is -0.393 e. The third kappa shape index (κ3) is 3.78. The minimum absolute atomic E-state index is 0.205. The van der Waals surface area contributed by atoms with Crippen LogP contribution in [0, 0.1) is 0 Å². The van der Waals surface area contributed by atoms with Crippen molar-refractivity contribution in [1.29, 1.82) is 0 Å². The lowest BCUT2D eigenvalue weighted by atomic mass is 10.2. The van der Waals surface area contributed by atoms with Gasteiger partial charge in [0.05, 0.1) is 6.10 Å². The Morgan fingerprint density at radius 3 is 2.86 bits per heavy atom. The van der Waals surface area contributed by atoms with Gasteiger partial charge < -0.3 is 10.4 Å². The molecule has 0 radical (unpaired) electrons. The molecule has 14 heavy (non-hydrogen) atoms. The molecule has 0 aliphatic rings. The van der Waals surface area contributed by atoms with Gasteiger partial charge in [0, 0.05) is 10.9 Å². The van der Waals surface area contributed by atoms with Gasteiger partial charge >= 0.3 is 0 Å². The maximum absolute atomic E-state index is 9.13. The molecule has 2 N–H and O–H groups in total. The molecule has 3 heteroatoms. The van der Waals surface area contributed by atoms with Gasteiger partial charge in [-0.2, -0.15) is 0 Å². The second-order valence-corrected chi connectivity index (χ2v) is 4.55. The van der Waals surface area contributed by atoms with Gasteiger partial charge in [-0.1, -0.05) is 13.0 Å². The van der Waals surface area contributed by atoms with Crippen LogP contribution in [-0.2, 0) is 0 Å². The number of hydrogen-bond donors (Lipinski definition) is 2. The van der Waals surface area contributed by atoms with E-state index in [0.717, 1.165) is 19.4 Å². The van der Waals surface area contributed by atoms with Crippen molar-refractivity contribution in [3.05, 3.63) is 22.4 Å². The topological polar surface area (TPSA) is 32.3 Å². The van der Waals surface area contributed by atoms with E-state index in [1.54, 1.807) is 11.3 Å². The second-order valence-electron chi connectivity index (χ2n) is 3.57. The van der Waals surface area contributed by atoms with Crippen molar-refractivity contribution in [3.8, 4) is 0 Å². The fraction of sp³-hybridized carbons (Fsp3) is 0.636. The highest BCUT2D eigenvalue weighted by Crippen LogP contribution is 2.21. The molecule has 0 bridgehead atoms. The molecule has 2 atom stereocenters. The lowest BCUT2D eigenvalue weighted by Gasteiger charge is -2.15. The Morgan fingerprint density at radius 2 is 2.36 bits per heavy atom. The Balaban J connectivity index is 2.33. The smallest absolute Gasteiger partial charge is 0.0524 e. The SMILES string of the molecule is CCC(NCCC(C)O)c1cccs1. The highest BCUT2D eigenvalue weighted by atomic mass is 32.1. The number of rotatable bonds is 6. The first-order valence-electron chi connectivity index (χ1n) is 5.19. The van der Waals surface area contributed by atoms with Crippen LogP contribution in [0.3, 0.4) is 0 Å². The Hall–Kier alpha value is -0.380. The van der Waals surface area contributed by atoms with Crippen molar-refractivity contribution in [2.45, 2.75) is 38.8 Å². The molecule has 1 aromatic rings. The van der Waals surface area contributed by atoms with Crippen LogP contribution in [0.4, 0.5) is 0 Å². The van der Waals surface area contributed by atoms with E-state index in [0.29, 0.717) is 6.04 Å². The Labute approximate surface area is 90.0 Å². The fourth-order valence-electron chi connectivity index (χ4n) is 1.40. The molecular weight excluding hydrogens is 194 g/mol. The van der Waals surface area contributed by atoms with E-state index in [1.165, 1.54) is 4.88 Å². The summed E-state index contributed by atoms with van der Waals surface area (Å²) in [4.78, 5) is 1.39. The average molecular weight is 213 g/mol. The minimum atomic E-state index is -0.205. The summed E-state index contributed by atoms with van der Waals surface area (Å²) in [6, 6.07) is 4.70. The summed E-state index contributed by atoms with van der Waals surface area (Å²) in [5.74, 6) is 0. The zero-order chi connectivity index (χ0) is 10.4. The van der Waals surface area contributed by atoms with Crippen LogP contribution in [-0.4, -0.2) is 17.8 Å². The molecule has 0 aliphatic heterocycles. The Kier molecular flexibility index (Phi) is 5.15. The number of thiophene rings is 1. The molecule has 1 rings (SSSR count). The van der Waals surface area contributed by atoms with Crippen LogP contribution < -0.4 is 5.32 Å². The summed E-state index contributed by atoms with van der Waals surface area (Å²) in [5, 5.41) is 14.7. The largest absolute Gasteiger partial charge is 0.393 e. The van der Waals surface area contributed by atoms with E-state index in [4.69, 9.17) is 5.11 Å². The monoisotopic (exact) mass is 213 g/mol. The molecule has 0 aromatic carbocycles. The first kappa shape index (κ1) is 11.7. The summed E-state index contributed by atoms with van der Waals surface area (Å²) < 4.78 is 0. The van der Waals surface area contributed by atoms with Crippen LogP contribution in [0.25, 0.3) is 0 Å². The number of aliphatic hydroxyl groups excluding tert-OH is 1. The van der Waals surface area contributed by atoms with Gasteiger partial charge in [0.2, 0.25) is 0 Å². The Morgan fingerprint density at radius 1 is 1.57 bits per heavy atom. The van der Waals surface area contributed by atoms with Crippen LogP contribution in [0.2, 0.25) is 0 Å². The van der Waals surface area contributed by atoms with Gasteiger partial charge in [-0.15, -0.1) is 11.3 Å². The molecule has 0 amide bonds. The van der Waals surface area contributed by atoms with E-state index < -0.39 is 0 Å². The molecule has 1 heterocycles. The molecule has 0 fully saturated rings. The normalized spacial score (nSPS) is 15.4. The molecule has 1 aromatic heterocycles. The summed E-state index contributed by atoms with van der Waals surface area (Å²) in [6.45, 7) is 4.89. The molecule has 0 aliphatic carbocycles. The molecule has 0 saturated carbocycles. The maximum Gasteiger partial charge on any atom is 0.0524 e. The van der Waals surface area contributed by atoms with E-state index >= 15 is 0 Å². The lowest BCUT2D eigenvalue weighted by Crippen LogP contribution is -2.23. The van der Waals surface area contributed by atoms with Crippen molar-refractivity contribution in [3.63, 3.8) is 0 Å². The summed E-state index contributed by atoms with van der Waals surface area (Å²) in [5.41, 5.74) is 0. The second kappa shape index (κ2) is 6.17. The predicted molar refractivity (Wildman–Crippen MR) is 61.7 cm³/mol. The first-order valence-corrected chi connectivity index (χ1v) is 6.06. The molecule has 0 saturated heterocycles. The quantitative estimate of drug-likeness (QED) is 0.761. The third-order valence-electron chi connectivity index (χ3n) is 2.25. The maximum atomic E-state index is 9.13. The van der Waals surface area contributed by atoms with Crippen molar-refractivity contribution in [2.75, 3.05) is 6.54 Å². The van der Waals surface area contributed by atoms with Gasteiger partial charge in [-0.05, 0) is 37.8 Å². The molecule has 2 nitrogen and oxygen atoms in total. The summed E-state index contributed by atoms with van der Waals surface area (Å²) in [7, 11) is 0. The molecular formula is C11H19NOS. The van der Waals surface area contributed by atoms with Crippen molar-refractivity contribution in [2.24, 2.45) is 0 Å². The predicted octanol–water partition coefficient (Wildman–Crippen LogP) is 2.56. The van der Waals surface area contributed by atoms with E-state index in [9.17, 15) is 0 Å². The molecule has 0 spiro atoms. The van der Waals surface area contributed by atoms with Crippen LogP contribution in [0.5, 0.6) is 0 Å². The summed E-state index contributed by atoms with van der Waals surface area (Å²) >= 11 is 1.79. The van der Waals surface area contributed by atoms with Gasteiger partial charge in [0.15, 0.2) is 0 Å². The van der Waals surface area contributed by atoms with Crippen molar-refractivity contribution >= 4 is 11.3 Å². The van der Waals surface area contributed by atoms with Crippen LogP contribution >= 0.6 is 11.3 Å². The van der Waals surface area contributed by atoms with Crippen molar-refractivity contribution < 1.29 is 5.11 Å². The van der Waals surface area contributed by atoms with Crippen LogP contribution in [0.1, 0.15) is 37.6 Å². The molecule has 2 unspecified atom stereocenters. The zero-order valence-electron chi connectivity index (χ0n) is 8.86. The van der Waals surface area contributed by atoms with Crippen LogP contribution in [0.15, 0.2) is 17.5 Å². The van der Waals surface area contributed by atoms with E-state index in [1.807, 2.05) is 6.92 Å². The van der Waals surface area contributed by atoms with Gasteiger partial charge in [0.25, 0.3) is 0 Å². The standard InChI is InChI=1S/C11H19NOS/c1-3-10(11-5-4-8-14-11)12-7-6-9(2)13/h4-5,8-10,12-13H,3,6-7H2,1-2H3. The van der Waals surface area contributed by atoms with Crippen molar-refractivity contribution in [1.82, 2.24) is 5.32 Å².